The van der Waals surface area contributed by atoms with Gasteiger partial charge in [-0.3, -0.25) is 4.68 Å². The minimum absolute atomic E-state index is 0.173. The van der Waals surface area contributed by atoms with Gasteiger partial charge in [0.25, 0.3) is 10.2 Å². The van der Waals surface area contributed by atoms with Crippen molar-refractivity contribution >= 4 is 10.2 Å². The Hall–Kier alpha value is -0.920. The zero-order valence-corrected chi connectivity index (χ0v) is 12.5. The summed E-state index contributed by atoms with van der Waals surface area (Å²) in [5.74, 6) is 0. The minimum atomic E-state index is -3.28. The fraction of sp³-hybridized carbons (Fsp3) is 0.769. The maximum Gasteiger partial charge on any atom is 0.282 e. The van der Waals surface area contributed by atoms with Crippen LogP contribution in [0.1, 0.15) is 38.1 Å². The molecule has 6 nitrogen and oxygen atoms in total. The summed E-state index contributed by atoms with van der Waals surface area (Å²) < 4.78 is 30.5. The number of hydrogen-bond acceptors (Lipinski definition) is 3. The van der Waals surface area contributed by atoms with E-state index in [9.17, 15) is 8.42 Å². The van der Waals surface area contributed by atoms with Crippen LogP contribution in [0, 0.1) is 0 Å². The summed E-state index contributed by atoms with van der Waals surface area (Å²) in [4.78, 5) is 0. The molecule has 0 saturated carbocycles. The van der Waals surface area contributed by atoms with Crippen molar-refractivity contribution in [1.29, 1.82) is 0 Å². The summed E-state index contributed by atoms with van der Waals surface area (Å²) in [5.41, 5.74) is 0. The highest BCUT2D eigenvalue weighted by molar-refractivity contribution is 7.86. The molecular weight excluding hydrogens is 276 g/mol. The molecule has 1 unspecified atom stereocenters. The molecule has 1 aromatic rings. The molecule has 0 radical (unpaired) electrons. The second kappa shape index (κ2) is 5.83. The van der Waals surface area contributed by atoms with Crippen LogP contribution in [-0.2, 0) is 10.2 Å². The number of nitrogens with zero attached hydrogens (tertiary/aromatic N) is 4. The third kappa shape index (κ3) is 2.75. The lowest BCUT2D eigenvalue weighted by molar-refractivity contribution is 0.358. The fourth-order valence-corrected chi connectivity index (χ4v) is 4.81. The van der Waals surface area contributed by atoms with Gasteiger partial charge >= 0.3 is 0 Å². The average Bonchev–Trinajstić information content (AvgIpc) is 3.04. The second-order valence-electron chi connectivity index (χ2n) is 5.61. The van der Waals surface area contributed by atoms with E-state index < -0.39 is 10.2 Å². The van der Waals surface area contributed by atoms with Crippen LogP contribution in [0.4, 0.5) is 0 Å². The highest BCUT2D eigenvalue weighted by Gasteiger charge is 2.36. The summed E-state index contributed by atoms with van der Waals surface area (Å²) in [6.45, 7) is 2.49. The molecule has 0 aromatic carbocycles. The van der Waals surface area contributed by atoms with Gasteiger partial charge in [0.1, 0.15) is 0 Å². The van der Waals surface area contributed by atoms with Crippen molar-refractivity contribution in [3.8, 4) is 0 Å². The Morgan fingerprint density at radius 3 is 2.40 bits per heavy atom. The van der Waals surface area contributed by atoms with Crippen molar-refractivity contribution in [2.24, 2.45) is 0 Å². The smallest absolute Gasteiger partial charge is 0.268 e. The van der Waals surface area contributed by atoms with Gasteiger partial charge in [0.15, 0.2) is 0 Å². The minimum Gasteiger partial charge on any atom is -0.268 e. The van der Waals surface area contributed by atoms with Gasteiger partial charge in [-0.2, -0.15) is 22.1 Å². The lowest BCUT2D eigenvalue weighted by atomic mass is 10.2. The van der Waals surface area contributed by atoms with Crippen LogP contribution in [0.15, 0.2) is 18.5 Å². The van der Waals surface area contributed by atoms with Gasteiger partial charge < -0.3 is 0 Å². The molecule has 2 saturated heterocycles. The van der Waals surface area contributed by atoms with Gasteiger partial charge in [0, 0.05) is 38.6 Å². The molecule has 0 amide bonds. The van der Waals surface area contributed by atoms with Crippen molar-refractivity contribution in [1.82, 2.24) is 18.4 Å². The Labute approximate surface area is 120 Å². The van der Waals surface area contributed by atoms with E-state index in [1.807, 2.05) is 16.9 Å². The maximum absolute atomic E-state index is 12.7. The molecule has 3 heterocycles. The van der Waals surface area contributed by atoms with Crippen LogP contribution < -0.4 is 0 Å². The van der Waals surface area contributed by atoms with E-state index in [2.05, 4.69) is 5.10 Å². The molecule has 0 aliphatic carbocycles. The van der Waals surface area contributed by atoms with Crippen molar-refractivity contribution in [2.75, 3.05) is 26.2 Å². The normalized spacial score (nSPS) is 26.7. The Morgan fingerprint density at radius 1 is 1.00 bits per heavy atom. The molecule has 7 heteroatoms. The fourth-order valence-electron chi connectivity index (χ4n) is 3.07. The molecule has 1 atom stereocenters. The van der Waals surface area contributed by atoms with Gasteiger partial charge in [0.05, 0.1) is 6.04 Å². The first-order valence-corrected chi connectivity index (χ1v) is 8.82. The Kier molecular flexibility index (Phi) is 4.09. The Bertz CT molecular complexity index is 521. The largest absolute Gasteiger partial charge is 0.282 e. The van der Waals surface area contributed by atoms with Gasteiger partial charge in [0.2, 0.25) is 0 Å². The summed E-state index contributed by atoms with van der Waals surface area (Å²) in [7, 11) is -3.28. The molecule has 0 spiro atoms. The molecule has 112 valence electrons. The average molecular weight is 298 g/mol. The van der Waals surface area contributed by atoms with Gasteiger partial charge in [-0.25, -0.2) is 0 Å². The van der Waals surface area contributed by atoms with E-state index in [0.717, 1.165) is 32.1 Å². The van der Waals surface area contributed by atoms with E-state index in [1.165, 1.54) is 0 Å². The third-order valence-electron chi connectivity index (χ3n) is 4.24. The highest BCUT2D eigenvalue weighted by Crippen LogP contribution is 2.26. The van der Waals surface area contributed by atoms with Gasteiger partial charge in [-0.05, 0) is 25.3 Å². The first kappa shape index (κ1) is 14.0. The first-order chi connectivity index (χ1) is 9.68. The van der Waals surface area contributed by atoms with Crippen LogP contribution in [0.25, 0.3) is 0 Å². The summed E-state index contributed by atoms with van der Waals surface area (Å²) in [5, 5.41) is 4.22. The van der Waals surface area contributed by atoms with Crippen LogP contribution in [0.3, 0.4) is 0 Å². The monoisotopic (exact) mass is 298 g/mol. The van der Waals surface area contributed by atoms with Crippen molar-refractivity contribution < 1.29 is 8.42 Å². The van der Waals surface area contributed by atoms with Crippen LogP contribution in [-0.4, -0.2) is 53.0 Å². The topological polar surface area (TPSA) is 58.4 Å². The van der Waals surface area contributed by atoms with Crippen LogP contribution >= 0.6 is 0 Å². The summed E-state index contributed by atoms with van der Waals surface area (Å²) >= 11 is 0. The number of hydrogen-bond donors (Lipinski definition) is 0. The molecule has 0 N–H and O–H groups in total. The molecule has 2 aliphatic rings. The second-order valence-corrected chi connectivity index (χ2v) is 7.54. The summed E-state index contributed by atoms with van der Waals surface area (Å²) in [6.07, 6.45) is 8.74. The van der Waals surface area contributed by atoms with Gasteiger partial charge in [-0.1, -0.05) is 12.8 Å². The van der Waals surface area contributed by atoms with E-state index in [4.69, 9.17) is 0 Å². The lowest BCUT2D eigenvalue weighted by Crippen LogP contribution is -2.43. The quantitative estimate of drug-likeness (QED) is 0.844. The van der Waals surface area contributed by atoms with Gasteiger partial charge in [-0.15, -0.1) is 0 Å². The Balaban J connectivity index is 1.69. The zero-order valence-electron chi connectivity index (χ0n) is 11.7. The van der Waals surface area contributed by atoms with E-state index >= 15 is 0 Å². The SMILES string of the molecule is O=S(=O)(N1CCCCCC1)N1CCC(n2cccn2)C1. The first-order valence-electron chi connectivity index (χ1n) is 7.42. The molecule has 1 aromatic heterocycles. The third-order valence-corrected chi connectivity index (χ3v) is 6.24. The van der Waals surface area contributed by atoms with Crippen molar-refractivity contribution in [2.45, 2.75) is 38.1 Å². The number of aromatic nitrogens is 2. The molecule has 2 aliphatic heterocycles. The van der Waals surface area contributed by atoms with Crippen LogP contribution in [0.5, 0.6) is 0 Å². The molecule has 0 bridgehead atoms. The van der Waals surface area contributed by atoms with E-state index in [-0.39, 0.29) is 6.04 Å². The standard InChI is InChI=1S/C13H22N4O2S/c18-20(19,15-8-3-1-2-4-9-15)16-11-6-13(12-16)17-10-5-7-14-17/h5,7,10,13H,1-4,6,8-9,11-12H2. The maximum atomic E-state index is 12.7. The molecule has 20 heavy (non-hydrogen) atoms. The van der Waals surface area contributed by atoms with Crippen molar-refractivity contribution in [3.05, 3.63) is 18.5 Å². The Morgan fingerprint density at radius 2 is 1.75 bits per heavy atom. The summed E-state index contributed by atoms with van der Waals surface area (Å²) in [6, 6.07) is 2.05. The van der Waals surface area contributed by atoms with E-state index in [1.54, 1.807) is 14.8 Å². The predicted octanol–water partition coefficient (Wildman–Crippen LogP) is 1.25. The van der Waals surface area contributed by atoms with E-state index in [0.29, 0.717) is 26.2 Å². The van der Waals surface area contributed by atoms with Crippen molar-refractivity contribution in [3.63, 3.8) is 0 Å². The van der Waals surface area contributed by atoms with Crippen LogP contribution in [0.2, 0.25) is 0 Å². The lowest BCUT2D eigenvalue weighted by Gasteiger charge is -2.26. The highest BCUT2D eigenvalue weighted by atomic mass is 32.2. The number of rotatable bonds is 3. The molecular formula is C13H22N4O2S. The zero-order chi connectivity index (χ0) is 14.0. The molecule has 3 rings (SSSR count). The molecule has 2 fully saturated rings. The predicted molar refractivity (Wildman–Crippen MR) is 76.4 cm³/mol.